The third-order valence-electron chi connectivity index (χ3n) is 3.49. The van der Waals surface area contributed by atoms with Crippen molar-refractivity contribution in [2.75, 3.05) is 6.61 Å². The van der Waals surface area contributed by atoms with E-state index in [4.69, 9.17) is 22.1 Å². The Morgan fingerprint density at radius 1 is 1.35 bits per heavy atom. The molecule has 1 saturated heterocycles. The Kier molecular flexibility index (Phi) is 3.53. The van der Waals surface area contributed by atoms with Crippen LogP contribution in [0.3, 0.4) is 0 Å². The average Bonchev–Trinajstić information content (AvgIpc) is 2.74. The normalized spacial score (nSPS) is 29.9. The third kappa shape index (κ3) is 2.13. The second-order valence-electron chi connectivity index (χ2n) is 4.75. The van der Waals surface area contributed by atoms with Gasteiger partial charge in [0.25, 0.3) is 0 Å². The topological polar surface area (TPSA) is 98.6 Å². The van der Waals surface area contributed by atoms with Crippen molar-refractivity contribution in [3.8, 4) is 11.4 Å². The minimum atomic E-state index is -1.14. The van der Waals surface area contributed by atoms with Gasteiger partial charge in [-0.25, -0.2) is 4.98 Å². The summed E-state index contributed by atoms with van der Waals surface area (Å²) in [6.45, 7) is -0.365. The molecule has 3 aliphatic heterocycles. The summed E-state index contributed by atoms with van der Waals surface area (Å²) in [5.74, 6) is 0.646. The van der Waals surface area contributed by atoms with Crippen molar-refractivity contribution in [2.24, 2.45) is 0 Å². The van der Waals surface area contributed by atoms with Crippen LogP contribution < -0.4 is 0 Å². The van der Waals surface area contributed by atoms with Crippen molar-refractivity contribution in [3.63, 3.8) is 0 Å². The SMILES string of the molecule is OC[C@H]1O[C@@H](c2cc3ccc[nH]c-3nc2=S)[C@@H](O)C1O. The van der Waals surface area contributed by atoms with Crippen LogP contribution in [0.1, 0.15) is 11.7 Å². The van der Waals surface area contributed by atoms with Crippen LogP contribution >= 0.6 is 12.2 Å². The van der Waals surface area contributed by atoms with E-state index in [1.165, 1.54) is 0 Å². The van der Waals surface area contributed by atoms with Crippen molar-refractivity contribution >= 4 is 12.2 Å². The Labute approximate surface area is 120 Å². The van der Waals surface area contributed by atoms with Crippen molar-refractivity contribution in [1.82, 2.24) is 9.97 Å². The van der Waals surface area contributed by atoms with Crippen LogP contribution in [-0.2, 0) is 4.74 Å². The number of aromatic nitrogens is 2. The van der Waals surface area contributed by atoms with Crippen LogP contribution in [0.5, 0.6) is 0 Å². The number of rotatable bonds is 2. The van der Waals surface area contributed by atoms with E-state index in [1.807, 2.05) is 12.1 Å². The monoisotopic (exact) mass is 294 g/mol. The summed E-state index contributed by atoms with van der Waals surface area (Å²) in [4.78, 5) is 7.23. The van der Waals surface area contributed by atoms with Gasteiger partial charge in [0.2, 0.25) is 0 Å². The number of nitrogens with zero attached hydrogens (tertiary/aromatic N) is 1. The lowest BCUT2D eigenvalue weighted by Gasteiger charge is -2.16. The van der Waals surface area contributed by atoms with Crippen LogP contribution in [0.4, 0.5) is 0 Å². The standard InChI is InChI=1S/C13H14N2O4S/c16-5-8-9(17)10(18)11(19-8)7-4-6-2-1-3-14-12(6)15-13(7)20/h1-4,8-11,16-18H,5H2,(H,14,15,20)/t8-,9?,10+,11+/m1/s1. The fraction of sp³-hybridized carbons (Fsp3) is 0.385. The maximum atomic E-state index is 10.0. The lowest BCUT2D eigenvalue weighted by molar-refractivity contribution is -0.0229. The lowest BCUT2D eigenvalue weighted by Crippen LogP contribution is -2.32. The first-order valence-corrected chi connectivity index (χ1v) is 6.63. The fourth-order valence-electron chi connectivity index (χ4n) is 2.41. The molecule has 3 rings (SSSR count). The molecule has 7 heteroatoms. The molecule has 0 bridgehead atoms. The molecule has 20 heavy (non-hydrogen) atoms. The molecule has 0 saturated carbocycles. The molecule has 0 amide bonds. The summed E-state index contributed by atoms with van der Waals surface area (Å²) in [5, 5.41) is 29.0. The number of hydrogen-bond donors (Lipinski definition) is 4. The first-order chi connectivity index (χ1) is 9.61. The minimum Gasteiger partial charge on any atom is -0.394 e. The van der Waals surface area contributed by atoms with Gasteiger partial charge in [-0.05, 0) is 18.2 Å². The predicted octanol–water partition coefficient (Wildman–Crippen LogP) is 0.398. The number of H-pyrrole nitrogens is 1. The maximum absolute atomic E-state index is 10.0. The molecule has 0 radical (unpaired) electrons. The minimum absolute atomic E-state index is 0.301. The van der Waals surface area contributed by atoms with Gasteiger partial charge in [-0.15, -0.1) is 0 Å². The molecule has 1 unspecified atom stereocenters. The summed E-state index contributed by atoms with van der Waals surface area (Å²) in [6, 6.07) is 5.47. The number of aromatic amines is 1. The van der Waals surface area contributed by atoms with Crippen LogP contribution in [-0.4, -0.2) is 50.2 Å². The number of nitrogens with one attached hydrogen (secondary N) is 1. The van der Waals surface area contributed by atoms with Gasteiger partial charge in [0.05, 0.1) is 6.61 Å². The highest BCUT2D eigenvalue weighted by atomic mass is 32.1. The zero-order chi connectivity index (χ0) is 14.3. The Bertz CT molecular complexity index is 647. The zero-order valence-electron chi connectivity index (χ0n) is 10.4. The van der Waals surface area contributed by atoms with Crippen molar-refractivity contribution in [1.29, 1.82) is 0 Å². The van der Waals surface area contributed by atoms with Crippen LogP contribution in [0.15, 0.2) is 24.4 Å². The maximum Gasteiger partial charge on any atom is 0.138 e. The van der Waals surface area contributed by atoms with Gasteiger partial charge in [0.15, 0.2) is 0 Å². The zero-order valence-corrected chi connectivity index (χ0v) is 11.2. The quantitative estimate of drug-likeness (QED) is 0.598. The highest BCUT2D eigenvalue weighted by Crippen LogP contribution is 2.35. The average molecular weight is 294 g/mol. The van der Waals surface area contributed by atoms with Gasteiger partial charge < -0.3 is 25.0 Å². The molecule has 1 fully saturated rings. The molecule has 0 aromatic carbocycles. The number of aliphatic hydroxyl groups is 3. The Morgan fingerprint density at radius 2 is 2.15 bits per heavy atom. The van der Waals surface area contributed by atoms with Gasteiger partial charge in [-0.3, -0.25) is 0 Å². The van der Waals surface area contributed by atoms with Crippen molar-refractivity contribution in [3.05, 3.63) is 34.6 Å². The molecule has 0 aliphatic carbocycles. The highest BCUT2D eigenvalue weighted by Gasteiger charge is 2.43. The van der Waals surface area contributed by atoms with Gasteiger partial charge in [-0.1, -0.05) is 12.2 Å². The smallest absolute Gasteiger partial charge is 0.138 e. The van der Waals surface area contributed by atoms with E-state index in [9.17, 15) is 10.2 Å². The summed E-state index contributed by atoms with van der Waals surface area (Å²) in [6.07, 6.45) is -2.14. The van der Waals surface area contributed by atoms with Crippen LogP contribution in [0, 0.1) is 4.64 Å². The van der Waals surface area contributed by atoms with Gasteiger partial charge in [0.1, 0.15) is 34.9 Å². The molecule has 0 aromatic rings. The molecule has 6 nitrogen and oxygen atoms in total. The van der Waals surface area contributed by atoms with Crippen molar-refractivity contribution in [2.45, 2.75) is 24.4 Å². The number of hydrogen-bond acceptors (Lipinski definition) is 6. The molecular formula is C13H14N2O4S. The highest BCUT2D eigenvalue weighted by molar-refractivity contribution is 7.71. The van der Waals surface area contributed by atoms with E-state index < -0.39 is 24.4 Å². The second-order valence-corrected chi connectivity index (χ2v) is 5.14. The summed E-state index contributed by atoms with van der Waals surface area (Å²) in [5.41, 5.74) is 1.36. The molecule has 106 valence electrons. The van der Waals surface area contributed by atoms with E-state index in [2.05, 4.69) is 9.97 Å². The van der Waals surface area contributed by atoms with Gasteiger partial charge in [0, 0.05) is 17.3 Å². The number of ether oxygens (including phenoxy) is 1. The Hall–Kier alpha value is -1.38. The summed E-state index contributed by atoms with van der Waals surface area (Å²) in [7, 11) is 0. The largest absolute Gasteiger partial charge is 0.394 e. The van der Waals surface area contributed by atoms with Gasteiger partial charge >= 0.3 is 0 Å². The molecule has 3 heterocycles. The molecule has 4 N–H and O–H groups in total. The number of fused-ring (bicyclic) bond motifs is 1. The number of pyridine rings is 2. The lowest BCUT2D eigenvalue weighted by atomic mass is 10.0. The first-order valence-electron chi connectivity index (χ1n) is 6.22. The predicted molar refractivity (Wildman–Crippen MR) is 72.8 cm³/mol. The molecular weight excluding hydrogens is 280 g/mol. The first kappa shape index (κ1) is 13.6. The third-order valence-corrected chi connectivity index (χ3v) is 3.81. The van der Waals surface area contributed by atoms with Crippen LogP contribution in [0.2, 0.25) is 0 Å². The summed E-state index contributed by atoms with van der Waals surface area (Å²) >= 11 is 5.22. The van der Waals surface area contributed by atoms with Crippen molar-refractivity contribution < 1.29 is 20.1 Å². The second kappa shape index (κ2) is 5.19. The van der Waals surface area contributed by atoms with Crippen LogP contribution in [0.25, 0.3) is 11.4 Å². The van der Waals surface area contributed by atoms with E-state index in [1.54, 1.807) is 12.3 Å². The fourth-order valence-corrected chi connectivity index (χ4v) is 2.68. The van der Waals surface area contributed by atoms with E-state index >= 15 is 0 Å². The summed E-state index contributed by atoms with van der Waals surface area (Å²) < 4.78 is 5.78. The molecule has 4 atom stereocenters. The Morgan fingerprint density at radius 3 is 2.85 bits per heavy atom. The molecule has 0 spiro atoms. The van der Waals surface area contributed by atoms with E-state index in [0.29, 0.717) is 16.0 Å². The molecule has 0 aromatic heterocycles. The Balaban J connectivity index is 2.05. The van der Waals surface area contributed by atoms with E-state index in [-0.39, 0.29) is 6.61 Å². The number of aliphatic hydroxyl groups excluding tert-OH is 3. The van der Waals surface area contributed by atoms with E-state index in [0.717, 1.165) is 5.56 Å². The molecule has 3 aliphatic rings. The van der Waals surface area contributed by atoms with Gasteiger partial charge in [-0.2, -0.15) is 0 Å².